The number of aromatic nitrogens is 1. The average Bonchev–Trinajstić information content (AvgIpc) is 2.52. The Labute approximate surface area is 128 Å². The molecule has 5 heteroatoms. The van der Waals surface area contributed by atoms with Crippen LogP contribution in [-0.2, 0) is 4.79 Å². The third-order valence-corrected chi connectivity index (χ3v) is 2.77. The fraction of sp³-hybridized carbons (Fsp3) is 0.118. The summed E-state index contributed by atoms with van der Waals surface area (Å²) in [7, 11) is 0. The highest BCUT2D eigenvalue weighted by Crippen LogP contribution is 2.13. The van der Waals surface area contributed by atoms with Gasteiger partial charge in [0.2, 0.25) is 5.91 Å². The number of ether oxygens (including phenoxy) is 1. The van der Waals surface area contributed by atoms with Crippen LogP contribution in [0.1, 0.15) is 11.3 Å². The monoisotopic (exact) mass is 293 g/mol. The molecular formula is C17H15N3O2. The number of carbonyl (C=O) groups is 1. The molecule has 0 aliphatic rings. The SMILES string of the molecule is Cc1cc(NC(=O)/C=C\c2ccc(OCC#N)cc2)ccn1. The first-order valence-corrected chi connectivity index (χ1v) is 6.69. The molecule has 0 spiro atoms. The predicted octanol–water partition coefficient (Wildman–Crippen LogP) is 2.94. The smallest absolute Gasteiger partial charge is 0.248 e. The van der Waals surface area contributed by atoms with Gasteiger partial charge in [-0.3, -0.25) is 9.78 Å². The molecule has 1 aromatic heterocycles. The number of pyridine rings is 1. The number of nitrogens with zero attached hydrogens (tertiary/aromatic N) is 2. The fourth-order valence-corrected chi connectivity index (χ4v) is 1.77. The Hall–Kier alpha value is -3.13. The number of carbonyl (C=O) groups excluding carboxylic acids is 1. The van der Waals surface area contributed by atoms with Crippen molar-refractivity contribution in [2.24, 2.45) is 0 Å². The van der Waals surface area contributed by atoms with Crippen molar-refractivity contribution in [3.63, 3.8) is 0 Å². The van der Waals surface area contributed by atoms with Crippen molar-refractivity contribution in [2.75, 3.05) is 11.9 Å². The third-order valence-electron chi connectivity index (χ3n) is 2.77. The zero-order valence-corrected chi connectivity index (χ0v) is 12.1. The highest BCUT2D eigenvalue weighted by molar-refractivity contribution is 6.01. The van der Waals surface area contributed by atoms with Crippen LogP contribution in [0.2, 0.25) is 0 Å². The van der Waals surface area contributed by atoms with Gasteiger partial charge in [-0.2, -0.15) is 5.26 Å². The van der Waals surface area contributed by atoms with Crippen molar-refractivity contribution in [1.29, 1.82) is 5.26 Å². The summed E-state index contributed by atoms with van der Waals surface area (Å²) in [5.74, 6) is 0.408. The largest absolute Gasteiger partial charge is 0.479 e. The number of aryl methyl sites for hydroxylation is 1. The molecule has 2 rings (SSSR count). The van der Waals surface area contributed by atoms with Crippen LogP contribution < -0.4 is 10.1 Å². The second-order valence-corrected chi connectivity index (χ2v) is 4.52. The molecule has 0 radical (unpaired) electrons. The Kier molecular flexibility index (Phi) is 5.27. The lowest BCUT2D eigenvalue weighted by atomic mass is 10.2. The molecule has 0 saturated heterocycles. The quantitative estimate of drug-likeness (QED) is 0.860. The summed E-state index contributed by atoms with van der Waals surface area (Å²) in [5, 5.41) is 11.2. The van der Waals surface area contributed by atoms with Crippen LogP contribution in [0, 0.1) is 18.3 Å². The molecule has 0 unspecified atom stereocenters. The van der Waals surface area contributed by atoms with Crippen molar-refractivity contribution in [2.45, 2.75) is 6.92 Å². The van der Waals surface area contributed by atoms with Gasteiger partial charge in [0.25, 0.3) is 0 Å². The van der Waals surface area contributed by atoms with Crippen LogP contribution in [0.3, 0.4) is 0 Å². The number of nitriles is 1. The number of hydrogen-bond donors (Lipinski definition) is 1. The summed E-state index contributed by atoms with van der Waals surface area (Å²) in [5.41, 5.74) is 2.42. The predicted molar refractivity (Wildman–Crippen MR) is 84.2 cm³/mol. The van der Waals surface area contributed by atoms with Gasteiger partial charge in [0, 0.05) is 23.7 Å². The lowest BCUT2D eigenvalue weighted by Gasteiger charge is -2.03. The average molecular weight is 293 g/mol. The van der Waals surface area contributed by atoms with Gasteiger partial charge >= 0.3 is 0 Å². The van der Waals surface area contributed by atoms with Gasteiger partial charge in [0.15, 0.2) is 6.61 Å². The summed E-state index contributed by atoms with van der Waals surface area (Å²) in [4.78, 5) is 15.9. The van der Waals surface area contributed by atoms with E-state index >= 15 is 0 Å². The molecule has 0 aliphatic heterocycles. The van der Waals surface area contributed by atoms with Crippen LogP contribution in [0.15, 0.2) is 48.7 Å². The zero-order chi connectivity index (χ0) is 15.8. The minimum atomic E-state index is -0.213. The molecular weight excluding hydrogens is 278 g/mol. The highest BCUT2D eigenvalue weighted by atomic mass is 16.5. The Morgan fingerprint density at radius 2 is 2.14 bits per heavy atom. The van der Waals surface area contributed by atoms with E-state index in [0.29, 0.717) is 11.4 Å². The molecule has 1 heterocycles. The van der Waals surface area contributed by atoms with Gasteiger partial charge in [-0.1, -0.05) is 12.1 Å². The van der Waals surface area contributed by atoms with Gasteiger partial charge in [-0.25, -0.2) is 0 Å². The summed E-state index contributed by atoms with van der Waals surface area (Å²) in [6.45, 7) is 1.88. The number of amides is 1. The van der Waals surface area contributed by atoms with E-state index in [0.717, 1.165) is 11.3 Å². The Bertz CT molecular complexity index is 715. The molecule has 1 amide bonds. The molecule has 1 aromatic carbocycles. The molecule has 0 aliphatic carbocycles. The van der Waals surface area contributed by atoms with Crippen molar-refractivity contribution >= 4 is 17.7 Å². The number of rotatable bonds is 5. The van der Waals surface area contributed by atoms with E-state index in [1.54, 1.807) is 36.5 Å². The van der Waals surface area contributed by atoms with E-state index in [9.17, 15) is 4.79 Å². The van der Waals surface area contributed by atoms with E-state index in [-0.39, 0.29) is 12.5 Å². The van der Waals surface area contributed by atoms with Gasteiger partial charge in [0.1, 0.15) is 11.8 Å². The van der Waals surface area contributed by atoms with Crippen molar-refractivity contribution in [3.8, 4) is 11.8 Å². The second kappa shape index (κ2) is 7.60. The van der Waals surface area contributed by atoms with Crippen LogP contribution >= 0.6 is 0 Å². The van der Waals surface area contributed by atoms with E-state index in [4.69, 9.17) is 10.00 Å². The van der Waals surface area contributed by atoms with Crippen molar-refractivity contribution < 1.29 is 9.53 Å². The first kappa shape index (κ1) is 15.3. The Morgan fingerprint density at radius 1 is 1.36 bits per heavy atom. The van der Waals surface area contributed by atoms with E-state index in [1.807, 2.05) is 25.1 Å². The zero-order valence-electron chi connectivity index (χ0n) is 12.1. The van der Waals surface area contributed by atoms with Gasteiger partial charge in [-0.05, 0) is 42.8 Å². The van der Waals surface area contributed by atoms with Crippen LogP contribution in [0.25, 0.3) is 6.08 Å². The molecule has 22 heavy (non-hydrogen) atoms. The van der Waals surface area contributed by atoms with Crippen LogP contribution in [0.4, 0.5) is 5.69 Å². The molecule has 110 valence electrons. The minimum Gasteiger partial charge on any atom is -0.479 e. The number of nitrogens with one attached hydrogen (secondary N) is 1. The summed E-state index contributed by atoms with van der Waals surface area (Å²) in [6.07, 6.45) is 4.81. The number of anilines is 1. The Balaban J connectivity index is 1.93. The van der Waals surface area contributed by atoms with Crippen LogP contribution in [0.5, 0.6) is 5.75 Å². The van der Waals surface area contributed by atoms with E-state index in [2.05, 4.69) is 10.3 Å². The van der Waals surface area contributed by atoms with Crippen LogP contribution in [-0.4, -0.2) is 17.5 Å². The summed E-state index contributed by atoms with van der Waals surface area (Å²) in [6, 6.07) is 12.6. The molecule has 1 N–H and O–H groups in total. The van der Waals surface area contributed by atoms with Gasteiger partial charge in [-0.15, -0.1) is 0 Å². The third kappa shape index (κ3) is 4.76. The first-order chi connectivity index (χ1) is 10.7. The normalized spacial score (nSPS) is 10.2. The lowest BCUT2D eigenvalue weighted by molar-refractivity contribution is -0.111. The highest BCUT2D eigenvalue weighted by Gasteiger charge is 1.98. The van der Waals surface area contributed by atoms with Crippen molar-refractivity contribution in [1.82, 2.24) is 4.98 Å². The molecule has 0 atom stereocenters. The van der Waals surface area contributed by atoms with E-state index in [1.165, 1.54) is 6.08 Å². The fourth-order valence-electron chi connectivity index (χ4n) is 1.77. The topological polar surface area (TPSA) is 75.0 Å². The molecule has 0 bridgehead atoms. The maximum Gasteiger partial charge on any atom is 0.248 e. The number of hydrogen-bond acceptors (Lipinski definition) is 4. The maximum absolute atomic E-state index is 11.8. The summed E-state index contributed by atoms with van der Waals surface area (Å²) >= 11 is 0. The Morgan fingerprint density at radius 3 is 2.82 bits per heavy atom. The minimum absolute atomic E-state index is 0.0168. The second-order valence-electron chi connectivity index (χ2n) is 4.52. The van der Waals surface area contributed by atoms with Crippen molar-refractivity contribution in [3.05, 3.63) is 59.9 Å². The molecule has 0 fully saturated rings. The van der Waals surface area contributed by atoms with Gasteiger partial charge < -0.3 is 10.1 Å². The lowest BCUT2D eigenvalue weighted by Crippen LogP contribution is -2.07. The van der Waals surface area contributed by atoms with E-state index < -0.39 is 0 Å². The summed E-state index contributed by atoms with van der Waals surface area (Å²) < 4.78 is 5.16. The maximum atomic E-state index is 11.8. The first-order valence-electron chi connectivity index (χ1n) is 6.69. The number of benzene rings is 1. The molecule has 0 saturated carbocycles. The van der Waals surface area contributed by atoms with Gasteiger partial charge in [0.05, 0.1) is 0 Å². The standard InChI is InChI=1S/C17H15N3O2/c1-13-12-15(8-10-19-13)20-17(21)7-4-14-2-5-16(6-3-14)22-11-9-18/h2-8,10,12H,11H2,1H3,(H,19,20,21)/b7-4-. The molecule has 5 nitrogen and oxygen atoms in total. The molecule has 2 aromatic rings.